The van der Waals surface area contributed by atoms with Gasteiger partial charge in [-0.3, -0.25) is 14.5 Å². The average molecular weight is 418 g/mol. The van der Waals surface area contributed by atoms with Gasteiger partial charge in [-0.2, -0.15) is 5.10 Å². The Morgan fingerprint density at radius 3 is 2.93 bits per heavy atom. The van der Waals surface area contributed by atoms with Gasteiger partial charge < -0.3 is 14.5 Å². The molecule has 0 saturated carbocycles. The zero-order valence-electron chi connectivity index (χ0n) is 16.2. The van der Waals surface area contributed by atoms with Gasteiger partial charge in [0.25, 0.3) is 0 Å². The maximum absolute atomic E-state index is 14.5. The maximum atomic E-state index is 14.5. The van der Waals surface area contributed by atoms with E-state index in [2.05, 4.69) is 10.1 Å². The highest BCUT2D eigenvalue weighted by atomic mass is 35.5. The van der Waals surface area contributed by atoms with Gasteiger partial charge in [0.2, 0.25) is 5.91 Å². The third-order valence-corrected chi connectivity index (χ3v) is 5.53. The molecule has 0 aliphatic carbocycles. The Labute approximate surface area is 172 Å². The molecule has 1 amide bonds. The Balaban J connectivity index is 1.47. The molecule has 9 heteroatoms. The number of carbonyl (C=O) groups is 1. The minimum absolute atomic E-state index is 0.0203. The van der Waals surface area contributed by atoms with E-state index in [1.807, 2.05) is 22.8 Å². The lowest BCUT2D eigenvalue weighted by Crippen LogP contribution is -2.55. The van der Waals surface area contributed by atoms with Crippen molar-refractivity contribution in [3.63, 3.8) is 0 Å². The molecule has 29 heavy (non-hydrogen) atoms. The van der Waals surface area contributed by atoms with Crippen LogP contribution in [-0.2, 0) is 11.3 Å². The number of hydrogen-bond donors (Lipinski definition) is 0. The summed E-state index contributed by atoms with van der Waals surface area (Å²) >= 11 is 5.99. The molecule has 1 unspecified atom stereocenters. The summed E-state index contributed by atoms with van der Waals surface area (Å²) in [6, 6.07) is 4.62. The highest BCUT2D eigenvalue weighted by Crippen LogP contribution is 2.33. The number of ether oxygens (including phenoxy) is 1. The number of fused-ring (bicyclic) bond motifs is 1. The predicted molar refractivity (Wildman–Crippen MR) is 109 cm³/mol. The van der Waals surface area contributed by atoms with Crippen molar-refractivity contribution in [1.29, 1.82) is 0 Å². The minimum Gasteiger partial charge on any atom is -0.495 e. The number of pyridine rings is 1. The lowest BCUT2D eigenvalue weighted by atomic mass is 10.1. The molecule has 1 saturated heterocycles. The van der Waals surface area contributed by atoms with Gasteiger partial charge in [-0.05, 0) is 19.1 Å². The SMILES string of the molecule is COc1cc(N2CCN(C(=O)Cn3ncc4cnccc43)C(C)C2)c(F)cc1Cl. The molecule has 0 spiro atoms. The molecule has 2 aromatic heterocycles. The van der Waals surface area contributed by atoms with Gasteiger partial charge in [0.15, 0.2) is 0 Å². The van der Waals surface area contributed by atoms with Crippen LogP contribution in [0.2, 0.25) is 5.02 Å². The zero-order chi connectivity index (χ0) is 20.5. The summed E-state index contributed by atoms with van der Waals surface area (Å²) < 4.78 is 21.3. The van der Waals surface area contributed by atoms with Crippen molar-refractivity contribution in [3.05, 3.63) is 47.6 Å². The lowest BCUT2D eigenvalue weighted by molar-refractivity contribution is -0.134. The Morgan fingerprint density at radius 1 is 1.34 bits per heavy atom. The summed E-state index contributed by atoms with van der Waals surface area (Å²) in [5.74, 6) is 0.00166. The summed E-state index contributed by atoms with van der Waals surface area (Å²) in [6.45, 7) is 3.63. The van der Waals surface area contributed by atoms with Crippen molar-refractivity contribution in [2.24, 2.45) is 0 Å². The molecule has 1 atom stereocenters. The highest BCUT2D eigenvalue weighted by Gasteiger charge is 2.29. The van der Waals surface area contributed by atoms with Crippen molar-refractivity contribution in [3.8, 4) is 5.75 Å². The van der Waals surface area contributed by atoms with E-state index in [1.54, 1.807) is 29.3 Å². The molecule has 1 aliphatic heterocycles. The summed E-state index contributed by atoms with van der Waals surface area (Å²) in [5, 5.41) is 5.43. The number of amides is 1. The molecular weight excluding hydrogens is 397 g/mol. The highest BCUT2D eigenvalue weighted by molar-refractivity contribution is 6.32. The third kappa shape index (κ3) is 3.72. The number of benzene rings is 1. The largest absolute Gasteiger partial charge is 0.495 e. The standard InChI is InChI=1S/C20H21ClFN5O2/c1-13-11-25(18-8-19(29-2)15(21)7-16(18)22)5-6-26(13)20(28)12-27-17-3-4-23-9-14(17)10-24-27/h3-4,7-10,13H,5-6,11-12H2,1-2H3. The molecule has 3 aromatic rings. The summed E-state index contributed by atoms with van der Waals surface area (Å²) in [5.41, 5.74) is 1.30. The van der Waals surface area contributed by atoms with Crippen molar-refractivity contribution in [2.75, 3.05) is 31.6 Å². The fourth-order valence-electron chi connectivity index (χ4n) is 3.74. The number of halogens is 2. The first kappa shape index (κ1) is 19.4. The number of aromatic nitrogens is 3. The molecule has 0 radical (unpaired) electrons. The number of carbonyl (C=O) groups excluding carboxylic acids is 1. The van der Waals surface area contributed by atoms with E-state index >= 15 is 0 Å². The quantitative estimate of drug-likeness (QED) is 0.653. The smallest absolute Gasteiger partial charge is 0.244 e. The second-order valence-electron chi connectivity index (χ2n) is 7.06. The summed E-state index contributed by atoms with van der Waals surface area (Å²) in [6.07, 6.45) is 5.11. The lowest BCUT2D eigenvalue weighted by Gasteiger charge is -2.41. The fourth-order valence-corrected chi connectivity index (χ4v) is 3.96. The van der Waals surface area contributed by atoms with Gasteiger partial charge in [0, 0.05) is 49.5 Å². The molecular formula is C20H21ClFN5O2. The number of methoxy groups -OCH3 is 1. The molecule has 7 nitrogen and oxygen atoms in total. The van der Waals surface area contributed by atoms with Crippen molar-refractivity contribution in [2.45, 2.75) is 19.5 Å². The Bertz CT molecular complexity index is 1060. The van der Waals surface area contributed by atoms with Crippen LogP contribution >= 0.6 is 11.6 Å². The second kappa shape index (κ2) is 7.87. The van der Waals surface area contributed by atoms with Gasteiger partial charge >= 0.3 is 0 Å². The van der Waals surface area contributed by atoms with Crippen LogP contribution in [0.3, 0.4) is 0 Å². The molecule has 0 bridgehead atoms. The summed E-state index contributed by atoms with van der Waals surface area (Å²) in [7, 11) is 1.50. The van der Waals surface area contributed by atoms with E-state index in [9.17, 15) is 9.18 Å². The van der Waals surface area contributed by atoms with Gasteiger partial charge in [-0.15, -0.1) is 0 Å². The summed E-state index contributed by atoms with van der Waals surface area (Å²) in [4.78, 5) is 20.7. The van der Waals surface area contributed by atoms with Gasteiger partial charge in [0.1, 0.15) is 18.1 Å². The van der Waals surface area contributed by atoms with Crippen LogP contribution in [0.1, 0.15) is 6.92 Å². The third-order valence-electron chi connectivity index (χ3n) is 5.24. The number of nitrogens with zero attached hydrogens (tertiary/aromatic N) is 5. The Morgan fingerprint density at radius 2 is 2.17 bits per heavy atom. The monoisotopic (exact) mass is 417 g/mol. The molecule has 152 valence electrons. The molecule has 1 aromatic carbocycles. The van der Waals surface area contributed by atoms with Crippen LogP contribution in [0.15, 0.2) is 36.8 Å². The van der Waals surface area contributed by atoms with Crippen molar-refractivity contribution in [1.82, 2.24) is 19.7 Å². The first-order valence-electron chi connectivity index (χ1n) is 9.31. The van der Waals surface area contributed by atoms with Crippen LogP contribution in [0.25, 0.3) is 10.9 Å². The van der Waals surface area contributed by atoms with Crippen LogP contribution in [-0.4, -0.2) is 58.4 Å². The van der Waals surface area contributed by atoms with Gasteiger partial charge in [0.05, 0.1) is 29.5 Å². The van der Waals surface area contributed by atoms with Crippen LogP contribution < -0.4 is 9.64 Å². The van der Waals surface area contributed by atoms with E-state index in [1.165, 1.54) is 13.2 Å². The maximum Gasteiger partial charge on any atom is 0.244 e. The number of hydrogen-bond acceptors (Lipinski definition) is 5. The van der Waals surface area contributed by atoms with E-state index in [0.29, 0.717) is 31.1 Å². The molecule has 1 aliphatic rings. The number of rotatable bonds is 4. The topological polar surface area (TPSA) is 63.5 Å². The molecule has 3 heterocycles. The Hall–Kier alpha value is -2.87. The molecule has 4 rings (SSSR count). The molecule has 1 fully saturated rings. The van der Waals surface area contributed by atoms with Crippen LogP contribution in [0.5, 0.6) is 5.75 Å². The predicted octanol–water partition coefficient (Wildman–Crippen LogP) is 2.97. The van der Waals surface area contributed by atoms with Crippen LogP contribution in [0, 0.1) is 5.82 Å². The second-order valence-corrected chi connectivity index (χ2v) is 7.46. The molecule has 0 N–H and O–H groups in total. The minimum atomic E-state index is -0.403. The van der Waals surface area contributed by atoms with Gasteiger partial charge in [-0.25, -0.2) is 4.39 Å². The van der Waals surface area contributed by atoms with E-state index in [0.717, 1.165) is 10.9 Å². The Kier molecular flexibility index (Phi) is 5.27. The van der Waals surface area contributed by atoms with E-state index in [-0.39, 0.29) is 23.5 Å². The van der Waals surface area contributed by atoms with E-state index < -0.39 is 5.82 Å². The average Bonchev–Trinajstić information content (AvgIpc) is 3.11. The van der Waals surface area contributed by atoms with Gasteiger partial charge in [-0.1, -0.05) is 11.6 Å². The fraction of sp³-hybridized carbons (Fsp3) is 0.350. The first-order chi connectivity index (χ1) is 14.0. The van der Waals surface area contributed by atoms with Crippen molar-refractivity contribution < 1.29 is 13.9 Å². The normalized spacial score (nSPS) is 17.0. The number of anilines is 1. The number of piperazine rings is 1. The first-order valence-corrected chi connectivity index (χ1v) is 9.68. The van der Waals surface area contributed by atoms with Crippen molar-refractivity contribution >= 4 is 34.1 Å². The van der Waals surface area contributed by atoms with E-state index in [4.69, 9.17) is 16.3 Å². The zero-order valence-corrected chi connectivity index (χ0v) is 16.9. The van der Waals surface area contributed by atoms with Crippen LogP contribution in [0.4, 0.5) is 10.1 Å².